The second kappa shape index (κ2) is 8.93. The molecule has 0 saturated carbocycles. The van der Waals surface area contributed by atoms with Gasteiger partial charge in [0.25, 0.3) is 0 Å². The van der Waals surface area contributed by atoms with Crippen molar-refractivity contribution in [3.05, 3.63) is 29.8 Å². The van der Waals surface area contributed by atoms with E-state index in [4.69, 9.17) is 0 Å². The number of piperidine rings is 1. The fraction of sp³-hybridized carbons (Fsp3) is 0.667. The number of hydrogen-bond acceptors (Lipinski definition) is 4. The van der Waals surface area contributed by atoms with Crippen LogP contribution in [0.1, 0.15) is 45.1 Å². The summed E-state index contributed by atoms with van der Waals surface area (Å²) >= 11 is 0. The fourth-order valence-corrected chi connectivity index (χ4v) is 5.53. The van der Waals surface area contributed by atoms with Crippen molar-refractivity contribution in [1.29, 1.82) is 0 Å². The number of sulfonamides is 1. The molecule has 1 amide bonds. The largest absolute Gasteiger partial charge is 0.340 e. The van der Waals surface area contributed by atoms with Gasteiger partial charge in [0.1, 0.15) is 0 Å². The molecule has 156 valence electrons. The highest BCUT2D eigenvalue weighted by Crippen LogP contribution is 2.26. The summed E-state index contributed by atoms with van der Waals surface area (Å²) in [5, 5.41) is 0. The first kappa shape index (κ1) is 21.3. The van der Waals surface area contributed by atoms with Crippen molar-refractivity contribution < 1.29 is 13.2 Å². The van der Waals surface area contributed by atoms with Crippen molar-refractivity contribution >= 4 is 15.9 Å². The first-order valence-corrected chi connectivity index (χ1v) is 11.9. The van der Waals surface area contributed by atoms with Gasteiger partial charge < -0.3 is 9.80 Å². The van der Waals surface area contributed by atoms with Gasteiger partial charge in [-0.1, -0.05) is 32.9 Å². The van der Waals surface area contributed by atoms with Gasteiger partial charge in [0.15, 0.2) is 0 Å². The maximum Gasteiger partial charge on any atom is 0.243 e. The number of rotatable bonds is 5. The van der Waals surface area contributed by atoms with Gasteiger partial charge in [-0.3, -0.25) is 4.79 Å². The van der Waals surface area contributed by atoms with Crippen LogP contribution in [-0.2, 0) is 14.8 Å². The lowest BCUT2D eigenvalue weighted by atomic mass is 9.96. The van der Waals surface area contributed by atoms with E-state index in [9.17, 15) is 13.2 Å². The Labute approximate surface area is 169 Å². The third kappa shape index (κ3) is 4.58. The highest BCUT2D eigenvalue weighted by molar-refractivity contribution is 7.89. The summed E-state index contributed by atoms with van der Waals surface area (Å²) < 4.78 is 27.4. The van der Waals surface area contributed by atoms with Crippen LogP contribution in [0.25, 0.3) is 0 Å². The van der Waals surface area contributed by atoms with Crippen molar-refractivity contribution in [2.24, 2.45) is 5.92 Å². The number of carbonyl (C=O) groups excluding carboxylic acids is 1. The summed E-state index contributed by atoms with van der Waals surface area (Å²) in [5.74, 6) is 0.523. The van der Waals surface area contributed by atoms with E-state index in [1.54, 1.807) is 12.1 Å². The molecule has 0 N–H and O–H groups in total. The minimum Gasteiger partial charge on any atom is -0.340 e. The van der Waals surface area contributed by atoms with Crippen molar-refractivity contribution in [3.63, 3.8) is 0 Å². The van der Waals surface area contributed by atoms with Crippen LogP contribution in [-0.4, -0.2) is 74.2 Å². The Morgan fingerprint density at radius 2 is 1.57 bits per heavy atom. The van der Waals surface area contributed by atoms with E-state index in [0.29, 0.717) is 36.7 Å². The van der Waals surface area contributed by atoms with Gasteiger partial charge >= 0.3 is 0 Å². The van der Waals surface area contributed by atoms with Crippen LogP contribution < -0.4 is 0 Å². The van der Waals surface area contributed by atoms with E-state index in [1.807, 2.05) is 17.0 Å². The summed E-state index contributed by atoms with van der Waals surface area (Å²) in [6, 6.07) is 7.19. The van der Waals surface area contributed by atoms with Crippen LogP contribution in [0, 0.1) is 5.92 Å². The second-order valence-electron chi connectivity index (χ2n) is 8.16. The molecule has 2 aliphatic heterocycles. The van der Waals surface area contributed by atoms with E-state index in [1.165, 1.54) is 4.31 Å². The summed E-state index contributed by atoms with van der Waals surface area (Å²) in [6.45, 7) is 11.6. The molecule has 2 heterocycles. The molecule has 0 atom stereocenters. The standard InChI is InChI=1S/C21H33N3O3S/c1-4-22-13-15-23(16-14-22)21(25)19-9-11-24(12-10-19)28(26,27)20-7-5-18(6-8-20)17(2)3/h5-8,17,19H,4,9-16H2,1-3H3. The molecular weight excluding hydrogens is 374 g/mol. The lowest BCUT2D eigenvalue weighted by Crippen LogP contribution is -2.51. The van der Waals surface area contributed by atoms with Crippen molar-refractivity contribution in [1.82, 2.24) is 14.1 Å². The van der Waals surface area contributed by atoms with Crippen molar-refractivity contribution in [3.8, 4) is 0 Å². The highest BCUT2D eigenvalue weighted by atomic mass is 32.2. The third-order valence-corrected chi connectivity index (χ3v) is 8.03. The van der Waals surface area contributed by atoms with E-state index in [2.05, 4.69) is 25.7 Å². The van der Waals surface area contributed by atoms with Crippen LogP contribution in [0.2, 0.25) is 0 Å². The first-order valence-electron chi connectivity index (χ1n) is 10.4. The molecule has 2 aliphatic rings. The van der Waals surface area contributed by atoms with E-state index < -0.39 is 10.0 Å². The molecule has 0 bridgehead atoms. The fourth-order valence-electron chi connectivity index (χ4n) is 4.06. The van der Waals surface area contributed by atoms with Crippen molar-refractivity contribution in [2.75, 3.05) is 45.8 Å². The summed E-state index contributed by atoms with van der Waals surface area (Å²) in [7, 11) is -3.49. The smallest absolute Gasteiger partial charge is 0.243 e. The molecular formula is C21H33N3O3S. The molecule has 0 aliphatic carbocycles. The minimum atomic E-state index is -3.49. The zero-order valence-corrected chi connectivity index (χ0v) is 18.1. The van der Waals surface area contributed by atoms with Crippen LogP contribution >= 0.6 is 0 Å². The Kier molecular flexibility index (Phi) is 6.78. The van der Waals surface area contributed by atoms with Gasteiger partial charge in [0, 0.05) is 45.2 Å². The molecule has 28 heavy (non-hydrogen) atoms. The quantitative estimate of drug-likeness (QED) is 0.752. The maximum atomic E-state index is 12.9. The van der Waals surface area contributed by atoms with E-state index >= 15 is 0 Å². The SMILES string of the molecule is CCN1CCN(C(=O)C2CCN(S(=O)(=O)c3ccc(C(C)C)cc3)CC2)CC1. The van der Waals surface area contributed by atoms with Crippen LogP contribution in [0.5, 0.6) is 0 Å². The molecule has 0 radical (unpaired) electrons. The zero-order valence-electron chi connectivity index (χ0n) is 17.3. The van der Waals surface area contributed by atoms with Crippen LogP contribution in [0.3, 0.4) is 0 Å². The van der Waals surface area contributed by atoms with Gasteiger partial charge in [-0.05, 0) is 43.0 Å². The number of nitrogens with zero attached hydrogens (tertiary/aromatic N) is 3. The highest BCUT2D eigenvalue weighted by Gasteiger charge is 2.34. The Bertz CT molecular complexity index is 761. The Morgan fingerprint density at radius 3 is 2.07 bits per heavy atom. The molecule has 7 heteroatoms. The van der Waals surface area contributed by atoms with Gasteiger partial charge in [-0.15, -0.1) is 0 Å². The van der Waals surface area contributed by atoms with Gasteiger partial charge in [0.2, 0.25) is 15.9 Å². The number of hydrogen-bond donors (Lipinski definition) is 0. The first-order chi connectivity index (χ1) is 13.3. The number of likely N-dealkylation sites (N-methyl/N-ethyl adjacent to an activating group) is 1. The van der Waals surface area contributed by atoms with E-state index in [-0.39, 0.29) is 11.8 Å². The van der Waals surface area contributed by atoms with E-state index in [0.717, 1.165) is 38.3 Å². The molecule has 6 nitrogen and oxygen atoms in total. The molecule has 3 rings (SSSR count). The van der Waals surface area contributed by atoms with Crippen molar-refractivity contribution in [2.45, 2.75) is 44.4 Å². The number of piperazine rings is 1. The number of carbonyl (C=O) groups is 1. The minimum absolute atomic E-state index is 0.0528. The summed E-state index contributed by atoms with van der Waals surface area (Å²) in [4.78, 5) is 17.5. The van der Waals surface area contributed by atoms with Gasteiger partial charge in [-0.2, -0.15) is 4.31 Å². The number of amides is 1. The topological polar surface area (TPSA) is 60.9 Å². The monoisotopic (exact) mass is 407 g/mol. The molecule has 0 unspecified atom stereocenters. The normalized spacial score (nSPS) is 20.6. The molecule has 0 spiro atoms. The third-order valence-electron chi connectivity index (χ3n) is 6.12. The van der Waals surface area contributed by atoms with Gasteiger partial charge in [0.05, 0.1) is 4.90 Å². The molecule has 2 fully saturated rings. The Hall–Kier alpha value is -1.44. The molecule has 0 aromatic heterocycles. The second-order valence-corrected chi connectivity index (χ2v) is 10.1. The van der Waals surface area contributed by atoms with Crippen LogP contribution in [0.4, 0.5) is 0 Å². The number of benzene rings is 1. The average molecular weight is 408 g/mol. The Morgan fingerprint density at radius 1 is 1.00 bits per heavy atom. The van der Waals surface area contributed by atoms with Gasteiger partial charge in [-0.25, -0.2) is 8.42 Å². The lowest BCUT2D eigenvalue weighted by molar-refractivity contribution is -0.138. The molecule has 1 aromatic rings. The summed E-state index contributed by atoms with van der Waals surface area (Å²) in [5.41, 5.74) is 1.13. The average Bonchev–Trinajstić information content (AvgIpc) is 2.73. The lowest BCUT2D eigenvalue weighted by Gasteiger charge is -2.38. The summed E-state index contributed by atoms with van der Waals surface area (Å²) in [6.07, 6.45) is 1.21. The maximum absolute atomic E-state index is 12.9. The molecule has 2 saturated heterocycles. The van der Waals surface area contributed by atoms with Crippen LogP contribution in [0.15, 0.2) is 29.2 Å². The predicted octanol–water partition coefficient (Wildman–Crippen LogP) is 2.37. The Balaban J connectivity index is 1.57. The zero-order chi connectivity index (χ0) is 20.3. The molecule has 1 aromatic carbocycles. The predicted molar refractivity (Wildman–Crippen MR) is 111 cm³/mol.